The first-order chi connectivity index (χ1) is 30.5. The molecule has 2 aliphatic carbocycles. The normalized spacial score (nSPS) is 19.8. The average molecular weight is 839 g/mol. The Hall–Kier alpha value is -5.49. The monoisotopic (exact) mass is 838 g/mol. The van der Waals surface area contributed by atoms with Crippen LogP contribution in [0.2, 0.25) is 0 Å². The van der Waals surface area contributed by atoms with Gasteiger partial charge in [-0.2, -0.15) is 0 Å². The maximum Gasteiger partial charge on any atom is 0.494 e. The summed E-state index contributed by atoms with van der Waals surface area (Å²) in [5.74, 6) is 0. The molecule has 4 nitrogen and oxygen atoms in total. The van der Waals surface area contributed by atoms with Crippen molar-refractivity contribution in [1.82, 2.24) is 0 Å². The highest BCUT2D eigenvalue weighted by molar-refractivity contribution is 6.62. The predicted octanol–water partition coefficient (Wildman–Crippen LogP) is 11.6. The molecule has 64 heavy (non-hydrogen) atoms. The highest BCUT2D eigenvalue weighted by Crippen LogP contribution is 2.62. The van der Waals surface area contributed by atoms with Gasteiger partial charge in [0.25, 0.3) is 0 Å². The van der Waals surface area contributed by atoms with Crippen LogP contribution in [0.1, 0.15) is 111 Å². The number of fused-ring (bicyclic) bond motifs is 6. The van der Waals surface area contributed by atoms with Gasteiger partial charge in [-0.3, -0.25) is 0 Å². The molecule has 2 fully saturated rings. The van der Waals surface area contributed by atoms with Crippen molar-refractivity contribution < 1.29 is 18.6 Å². The first kappa shape index (κ1) is 41.2. The van der Waals surface area contributed by atoms with Crippen LogP contribution < -0.4 is 10.9 Å². The van der Waals surface area contributed by atoms with Gasteiger partial charge in [0.1, 0.15) is 0 Å². The molecule has 7 aromatic carbocycles. The fourth-order valence-electron chi connectivity index (χ4n) is 11.0. The molecule has 11 rings (SSSR count). The van der Waals surface area contributed by atoms with E-state index < -0.39 is 47.5 Å². The van der Waals surface area contributed by atoms with Crippen LogP contribution in [-0.4, -0.2) is 36.6 Å². The highest BCUT2D eigenvalue weighted by atomic mass is 16.7. The van der Waals surface area contributed by atoms with E-state index in [1.165, 1.54) is 77.9 Å². The molecule has 0 atom stereocenters. The topological polar surface area (TPSA) is 36.9 Å². The summed E-state index contributed by atoms with van der Waals surface area (Å²) in [6, 6.07) is 59.7. The van der Waals surface area contributed by atoms with Crippen LogP contribution in [0.3, 0.4) is 0 Å². The van der Waals surface area contributed by atoms with Crippen molar-refractivity contribution in [3.63, 3.8) is 0 Å². The van der Waals surface area contributed by atoms with Gasteiger partial charge in [0.15, 0.2) is 0 Å². The van der Waals surface area contributed by atoms with Gasteiger partial charge < -0.3 is 18.6 Å². The zero-order valence-electron chi connectivity index (χ0n) is 38.8. The molecule has 0 unspecified atom stereocenters. The maximum absolute atomic E-state index is 6.57. The lowest BCUT2D eigenvalue weighted by Crippen LogP contribution is -2.41. The predicted molar refractivity (Wildman–Crippen MR) is 262 cm³/mol. The number of aryl methyl sites for hydroxylation is 2. The maximum atomic E-state index is 6.57. The molecule has 0 spiro atoms. The van der Waals surface area contributed by atoms with Gasteiger partial charge in [0.05, 0.1) is 33.2 Å². The van der Waals surface area contributed by atoms with E-state index in [1.54, 1.807) is 0 Å². The van der Waals surface area contributed by atoms with E-state index in [0.29, 0.717) is 0 Å². The van der Waals surface area contributed by atoms with Crippen molar-refractivity contribution >= 4 is 25.2 Å². The zero-order chi connectivity index (χ0) is 44.6. The smallest absolute Gasteiger partial charge is 0.399 e. The van der Waals surface area contributed by atoms with Gasteiger partial charge in [-0.1, -0.05) is 157 Å². The second-order valence-corrected chi connectivity index (χ2v) is 20.7. The first-order valence-electron chi connectivity index (χ1n) is 22.9. The van der Waals surface area contributed by atoms with Crippen molar-refractivity contribution in [2.75, 3.05) is 0 Å². The Morgan fingerprint density at radius 2 is 0.594 bits per heavy atom. The van der Waals surface area contributed by atoms with Gasteiger partial charge in [0, 0.05) is 0 Å². The molecule has 2 aliphatic heterocycles. The highest BCUT2D eigenvalue weighted by Gasteiger charge is 2.55. The number of rotatable bonds is 6. The summed E-state index contributed by atoms with van der Waals surface area (Å²) in [5, 5.41) is 0. The van der Waals surface area contributed by atoms with E-state index in [9.17, 15) is 0 Å². The fourth-order valence-corrected chi connectivity index (χ4v) is 11.0. The van der Waals surface area contributed by atoms with Crippen molar-refractivity contribution in [1.29, 1.82) is 0 Å². The molecule has 7 aromatic rings. The quantitative estimate of drug-likeness (QED) is 0.156. The standard InChI is InChI=1S/C58H56B2O4/c1-37-19-23-39(24-20-37)57(40-25-21-38(2)22-26-40)49-17-13-11-15-45(49)47-36-52-48(35-51(47)57)46-16-12-14-18-50(46)58(52,41-27-31-43(32-28-41)59-61-53(3,4)54(5,6)62-59)42-29-33-44(34-30-42)60-63-55(7,8)56(9,10)64-60/h11-36H,1-10H3. The first-order valence-corrected chi connectivity index (χ1v) is 22.9. The van der Waals surface area contributed by atoms with Crippen LogP contribution in [0.15, 0.2) is 158 Å². The Bertz CT molecular complexity index is 2810. The summed E-state index contributed by atoms with van der Waals surface area (Å²) in [4.78, 5) is 0. The second kappa shape index (κ2) is 14.0. The average Bonchev–Trinajstić information content (AvgIpc) is 3.89. The van der Waals surface area contributed by atoms with Gasteiger partial charge >= 0.3 is 14.2 Å². The van der Waals surface area contributed by atoms with Crippen LogP contribution >= 0.6 is 0 Å². The Morgan fingerprint density at radius 3 is 0.906 bits per heavy atom. The van der Waals surface area contributed by atoms with E-state index >= 15 is 0 Å². The van der Waals surface area contributed by atoms with Gasteiger partial charge in [-0.25, -0.2) is 0 Å². The zero-order valence-corrected chi connectivity index (χ0v) is 38.8. The molecule has 0 bridgehead atoms. The minimum absolute atomic E-state index is 0.442. The fraction of sp³-hybridized carbons (Fsp3) is 0.276. The number of hydrogen-bond acceptors (Lipinski definition) is 4. The minimum atomic E-state index is -0.669. The van der Waals surface area contributed by atoms with Crippen LogP contribution in [0.25, 0.3) is 22.3 Å². The lowest BCUT2D eigenvalue weighted by atomic mass is 9.65. The van der Waals surface area contributed by atoms with E-state index in [4.69, 9.17) is 18.6 Å². The van der Waals surface area contributed by atoms with Crippen molar-refractivity contribution in [3.05, 3.63) is 213 Å². The Balaban J connectivity index is 1.17. The van der Waals surface area contributed by atoms with Crippen LogP contribution in [0, 0.1) is 13.8 Å². The molecule has 0 amide bonds. The number of hydrogen-bond donors (Lipinski definition) is 0. The van der Waals surface area contributed by atoms with E-state index in [1.807, 2.05) is 0 Å². The van der Waals surface area contributed by atoms with Crippen molar-refractivity contribution in [3.8, 4) is 22.3 Å². The summed E-state index contributed by atoms with van der Waals surface area (Å²) in [6.07, 6.45) is 0. The molecule has 0 saturated carbocycles. The Morgan fingerprint density at radius 1 is 0.312 bits per heavy atom. The lowest BCUT2D eigenvalue weighted by molar-refractivity contribution is 0.00578. The van der Waals surface area contributed by atoms with Crippen LogP contribution in [0.4, 0.5) is 0 Å². The molecule has 0 aromatic heterocycles. The van der Waals surface area contributed by atoms with Crippen LogP contribution in [0.5, 0.6) is 0 Å². The third kappa shape index (κ3) is 5.72. The molecule has 4 aliphatic rings. The van der Waals surface area contributed by atoms with E-state index in [0.717, 1.165) is 10.9 Å². The second-order valence-electron chi connectivity index (χ2n) is 20.7. The minimum Gasteiger partial charge on any atom is -0.399 e. The van der Waals surface area contributed by atoms with Crippen molar-refractivity contribution in [2.24, 2.45) is 0 Å². The van der Waals surface area contributed by atoms with Crippen molar-refractivity contribution in [2.45, 2.75) is 102 Å². The molecular weight excluding hydrogens is 782 g/mol. The van der Waals surface area contributed by atoms with E-state index in [-0.39, 0.29) is 0 Å². The molecule has 0 N–H and O–H groups in total. The van der Waals surface area contributed by atoms with Gasteiger partial charge in [-0.05, 0) is 159 Å². The third-order valence-corrected chi connectivity index (χ3v) is 15.9. The largest absolute Gasteiger partial charge is 0.494 e. The Kier molecular flexibility index (Phi) is 9.02. The molecular formula is C58H56B2O4. The van der Waals surface area contributed by atoms with Crippen LogP contribution in [-0.2, 0) is 29.4 Å². The Labute approximate surface area is 380 Å². The molecule has 0 radical (unpaired) electrons. The lowest BCUT2D eigenvalue weighted by Gasteiger charge is -2.36. The summed E-state index contributed by atoms with van der Waals surface area (Å²) in [7, 11) is -0.928. The third-order valence-electron chi connectivity index (χ3n) is 15.9. The number of benzene rings is 7. The summed E-state index contributed by atoms with van der Waals surface area (Å²) in [6.45, 7) is 21.2. The molecule has 6 heteroatoms. The van der Waals surface area contributed by atoms with Gasteiger partial charge in [-0.15, -0.1) is 0 Å². The molecule has 2 heterocycles. The summed E-state index contributed by atoms with van der Waals surface area (Å²) in [5.41, 5.74) is 16.6. The molecule has 2 saturated heterocycles. The van der Waals surface area contributed by atoms with Gasteiger partial charge in [0.2, 0.25) is 0 Å². The molecule has 318 valence electrons. The van der Waals surface area contributed by atoms with E-state index in [2.05, 4.69) is 227 Å². The summed E-state index contributed by atoms with van der Waals surface area (Å²) < 4.78 is 26.3. The SMILES string of the molecule is Cc1ccc(C2(c3ccc(C)cc3)c3ccccc3-c3cc4c(cc32)-c2ccccc2C4(c2ccc(B3OC(C)(C)C(C)(C)O3)cc2)c2ccc(B3OC(C)(C)C(C)(C)O3)cc2)cc1. The summed E-state index contributed by atoms with van der Waals surface area (Å²) >= 11 is 0.